The number of nitrogens with one attached hydrogen (secondary N) is 1. The van der Waals surface area contributed by atoms with Crippen molar-refractivity contribution in [1.82, 2.24) is 10.2 Å². The van der Waals surface area contributed by atoms with E-state index >= 15 is 0 Å². The molecule has 1 aromatic carbocycles. The van der Waals surface area contributed by atoms with Gasteiger partial charge in [-0.25, -0.2) is 9.59 Å². The van der Waals surface area contributed by atoms with Crippen LogP contribution in [0.5, 0.6) is 0 Å². The summed E-state index contributed by atoms with van der Waals surface area (Å²) in [5.74, 6) is -3.15. The molecular formula is C37H54N2O9. The molecule has 1 heterocycles. The first kappa shape index (κ1) is 40.2. The Morgan fingerprint density at radius 1 is 0.979 bits per heavy atom. The van der Waals surface area contributed by atoms with E-state index in [9.17, 15) is 28.8 Å². The number of Topliss-reactive ketones (excluding diaryl/α,β-unsaturated/α-hetero) is 2. The normalized spacial score (nSPS) is 16.7. The van der Waals surface area contributed by atoms with E-state index in [0.29, 0.717) is 19.4 Å². The van der Waals surface area contributed by atoms with Crippen molar-refractivity contribution in [3.05, 3.63) is 48.0 Å². The van der Waals surface area contributed by atoms with E-state index in [-0.39, 0.29) is 68.2 Å². The third-order valence-corrected chi connectivity index (χ3v) is 8.49. The number of methoxy groups -OCH3 is 1. The maximum Gasteiger partial charge on any atom is 0.408 e. The van der Waals surface area contributed by atoms with Crippen molar-refractivity contribution >= 4 is 35.5 Å². The third kappa shape index (κ3) is 13.6. The largest absolute Gasteiger partial charge is 0.469 e. The van der Waals surface area contributed by atoms with Crippen molar-refractivity contribution in [2.75, 3.05) is 20.3 Å². The first-order chi connectivity index (χ1) is 22.9. The number of rotatable bonds is 19. The fourth-order valence-corrected chi connectivity index (χ4v) is 5.94. The van der Waals surface area contributed by atoms with Crippen molar-refractivity contribution in [3.8, 4) is 0 Å². The second kappa shape index (κ2) is 21.1. The molecule has 1 aliphatic heterocycles. The molecule has 11 heteroatoms. The molecule has 11 nitrogen and oxygen atoms in total. The van der Waals surface area contributed by atoms with Gasteiger partial charge in [0.05, 0.1) is 31.7 Å². The van der Waals surface area contributed by atoms with Gasteiger partial charge in [-0.3, -0.25) is 19.2 Å². The lowest BCUT2D eigenvalue weighted by molar-refractivity contribution is -0.151. The maximum absolute atomic E-state index is 14.1. The maximum atomic E-state index is 14.1. The van der Waals surface area contributed by atoms with Gasteiger partial charge in [-0.05, 0) is 62.8 Å². The summed E-state index contributed by atoms with van der Waals surface area (Å²) in [5, 5.41) is 2.66. The van der Waals surface area contributed by atoms with Gasteiger partial charge in [-0.1, -0.05) is 64.1 Å². The van der Waals surface area contributed by atoms with E-state index in [1.54, 1.807) is 17.9 Å². The van der Waals surface area contributed by atoms with Crippen LogP contribution in [0.4, 0.5) is 4.79 Å². The molecule has 0 bridgehead atoms. The lowest BCUT2D eigenvalue weighted by atomic mass is 9.84. The van der Waals surface area contributed by atoms with Crippen LogP contribution in [0.2, 0.25) is 0 Å². The highest BCUT2D eigenvalue weighted by atomic mass is 16.5. The summed E-state index contributed by atoms with van der Waals surface area (Å²) >= 11 is 0. The summed E-state index contributed by atoms with van der Waals surface area (Å²) in [6, 6.07) is 7.46. The molecule has 0 unspecified atom stereocenters. The molecule has 0 spiro atoms. The Kier molecular flexibility index (Phi) is 17.6. The zero-order chi connectivity index (χ0) is 35.6. The van der Waals surface area contributed by atoms with Crippen molar-refractivity contribution < 1.29 is 43.0 Å². The Balaban J connectivity index is 2.21. The van der Waals surface area contributed by atoms with Crippen LogP contribution in [-0.4, -0.2) is 72.8 Å². The van der Waals surface area contributed by atoms with Gasteiger partial charge in [-0.15, -0.1) is 0 Å². The number of amides is 2. The molecule has 1 fully saturated rings. The minimum absolute atomic E-state index is 0.0129. The van der Waals surface area contributed by atoms with Crippen LogP contribution in [0.15, 0.2) is 42.5 Å². The fourth-order valence-electron chi connectivity index (χ4n) is 5.94. The number of carbonyl (C=O) groups is 6. The number of ether oxygens (including phenoxy) is 3. The first-order valence-corrected chi connectivity index (χ1v) is 17.1. The highest BCUT2D eigenvalue weighted by Gasteiger charge is 2.39. The number of benzene rings is 1. The molecule has 1 aromatic rings. The summed E-state index contributed by atoms with van der Waals surface area (Å²) in [4.78, 5) is 80.0. The predicted molar refractivity (Wildman–Crippen MR) is 180 cm³/mol. The van der Waals surface area contributed by atoms with E-state index in [0.717, 1.165) is 18.4 Å². The fraction of sp³-hybridized carbons (Fsp3) is 0.622. The van der Waals surface area contributed by atoms with E-state index in [4.69, 9.17) is 14.2 Å². The summed E-state index contributed by atoms with van der Waals surface area (Å²) in [7, 11) is 1.31. The van der Waals surface area contributed by atoms with Gasteiger partial charge in [0.1, 0.15) is 6.61 Å². The lowest BCUT2D eigenvalue weighted by Crippen LogP contribution is -2.52. The van der Waals surface area contributed by atoms with Gasteiger partial charge >= 0.3 is 18.0 Å². The zero-order valence-electron chi connectivity index (χ0n) is 29.4. The first-order valence-electron chi connectivity index (χ1n) is 17.1. The predicted octanol–water partition coefficient (Wildman–Crippen LogP) is 5.59. The third-order valence-electron chi connectivity index (χ3n) is 8.49. The van der Waals surface area contributed by atoms with Crippen LogP contribution >= 0.6 is 0 Å². The van der Waals surface area contributed by atoms with Crippen LogP contribution in [0.25, 0.3) is 0 Å². The number of piperidine rings is 1. The minimum atomic E-state index is -0.982. The number of nitrogens with zero attached hydrogens (tertiary/aromatic N) is 1. The zero-order valence-corrected chi connectivity index (χ0v) is 29.4. The number of alkyl carbamates (subject to hydrolysis) is 1. The van der Waals surface area contributed by atoms with Gasteiger partial charge in [0.25, 0.3) is 0 Å². The Labute approximate surface area is 285 Å². The number of allylic oxidation sites excluding steroid dienone is 1. The molecule has 0 radical (unpaired) electrons. The summed E-state index contributed by atoms with van der Waals surface area (Å²) in [6.07, 6.45) is 4.85. The molecule has 4 atom stereocenters. The quantitative estimate of drug-likeness (QED) is 0.113. The van der Waals surface area contributed by atoms with Crippen molar-refractivity contribution in [2.24, 2.45) is 23.7 Å². The monoisotopic (exact) mass is 670 g/mol. The van der Waals surface area contributed by atoms with Crippen molar-refractivity contribution in [2.45, 2.75) is 105 Å². The smallest absolute Gasteiger partial charge is 0.408 e. The van der Waals surface area contributed by atoms with Gasteiger partial charge in [0.15, 0.2) is 11.6 Å². The minimum Gasteiger partial charge on any atom is -0.469 e. The second-order valence-corrected chi connectivity index (χ2v) is 13.1. The number of ketones is 2. The number of carbonyl (C=O) groups excluding carboxylic acids is 6. The highest BCUT2D eigenvalue weighted by molar-refractivity contribution is 5.95. The summed E-state index contributed by atoms with van der Waals surface area (Å²) < 4.78 is 15.2. The molecule has 2 amide bonds. The van der Waals surface area contributed by atoms with Crippen LogP contribution in [0.3, 0.4) is 0 Å². The SMILES string of the molecule is CCOC(=O)/C=C/CC[C@H](NC(=O)OCc1ccccc1)C(=O)C[C@H](C(=O)N1CCCC[C@H]1C(=O)C[C@@H](CC(C)C)C(=O)OC)C(C)C. The van der Waals surface area contributed by atoms with Crippen molar-refractivity contribution in [3.63, 3.8) is 0 Å². The van der Waals surface area contributed by atoms with E-state index in [1.165, 1.54) is 13.2 Å². The average molecular weight is 671 g/mol. The molecule has 0 saturated carbocycles. The van der Waals surface area contributed by atoms with Crippen molar-refractivity contribution in [1.29, 1.82) is 0 Å². The Morgan fingerprint density at radius 3 is 2.31 bits per heavy atom. The summed E-state index contributed by atoms with van der Waals surface area (Å²) in [5.41, 5.74) is 0.783. The Bertz CT molecular complexity index is 1240. The number of hydrogen-bond donors (Lipinski definition) is 1. The van der Waals surface area contributed by atoms with Gasteiger partial charge in [-0.2, -0.15) is 0 Å². The number of esters is 2. The second-order valence-electron chi connectivity index (χ2n) is 13.1. The molecular weight excluding hydrogens is 616 g/mol. The average Bonchev–Trinajstić information content (AvgIpc) is 3.06. The molecule has 1 saturated heterocycles. The highest BCUT2D eigenvalue weighted by Crippen LogP contribution is 2.28. The molecule has 1 aliphatic rings. The molecule has 48 heavy (non-hydrogen) atoms. The van der Waals surface area contributed by atoms with Crippen LogP contribution in [-0.2, 0) is 44.8 Å². The number of hydrogen-bond acceptors (Lipinski definition) is 9. The Morgan fingerprint density at radius 2 is 1.69 bits per heavy atom. The molecule has 0 aliphatic carbocycles. The van der Waals surface area contributed by atoms with E-state index < -0.39 is 42.0 Å². The van der Waals surface area contributed by atoms with E-state index in [1.807, 2.05) is 58.0 Å². The Hall–Kier alpha value is -4.02. The number of likely N-dealkylation sites (tertiary alicyclic amines) is 1. The van der Waals surface area contributed by atoms with E-state index in [2.05, 4.69) is 5.32 Å². The van der Waals surface area contributed by atoms with Gasteiger partial charge in [0.2, 0.25) is 5.91 Å². The van der Waals surface area contributed by atoms with Crippen LogP contribution in [0.1, 0.15) is 91.5 Å². The van der Waals surface area contributed by atoms with Crippen LogP contribution < -0.4 is 5.32 Å². The molecule has 266 valence electrons. The van der Waals surface area contributed by atoms with Gasteiger partial charge < -0.3 is 24.4 Å². The molecule has 1 N–H and O–H groups in total. The summed E-state index contributed by atoms with van der Waals surface area (Å²) in [6.45, 7) is 9.98. The lowest BCUT2D eigenvalue weighted by Gasteiger charge is -2.38. The standard InChI is InChI=1S/C37H54N2O9/c1-7-47-34(42)19-12-11-17-30(38-37(45)48-24-27-15-9-8-10-16-27)32(40)23-29(26(4)5)35(43)39-20-14-13-18-31(39)33(41)22-28(21-25(2)3)36(44)46-6/h8-10,12,15-16,19,25-26,28-31H,7,11,13-14,17-18,20-24H2,1-6H3,(H,38,45)/b19-12+/t28-,29+,30+,31+/m1/s1. The topological polar surface area (TPSA) is 145 Å². The van der Waals surface area contributed by atoms with Crippen LogP contribution in [0, 0.1) is 23.7 Å². The molecule has 0 aromatic heterocycles. The molecule has 2 rings (SSSR count). The van der Waals surface area contributed by atoms with Gasteiger partial charge in [0, 0.05) is 31.4 Å².